The van der Waals surface area contributed by atoms with E-state index >= 15 is 0 Å². The molecule has 0 unspecified atom stereocenters. The van der Waals surface area contributed by atoms with Gasteiger partial charge in [0.15, 0.2) is 5.71 Å². The molecule has 38 heavy (non-hydrogen) atoms. The number of hydrogen-bond donors (Lipinski definition) is 1. The molecule has 1 aliphatic rings. The Balaban J connectivity index is 2.38. The molecule has 0 saturated carbocycles. The van der Waals surface area contributed by atoms with Gasteiger partial charge >= 0.3 is 0 Å². The van der Waals surface area contributed by atoms with E-state index in [-0.39, 0.29) is 11.1 Å². The Morgan fingerprint density at radius 3 is 1.87 bits per heavy atom. The molecule has 0 aliphatic heterocycles. The lowest BCUT2D eigenvalue weighted by atomic mass is 9.90. The van der Waals surface area contributed by atoms with E-state index < -0.39 is 34.7 Å². The Morgan fingerprint density at radius 1 is 0.868 bits per heavy atom. The zero-order valence-electron chi connectivity index (χ0n) is 21.8. The van der Waals surface area contributed by atoms with Crippen molar-refractivity contribution in [2.45, 2.75) is 37.5 Å². The average Bonchev–Trinajstić information content (AvgIpc) is 2.89. The maximum absolute atomic E-state index is 13.1. The molecule has 9 nitrogen and oxygen atoms in total. The van der Waals surface area contributed by atoms with E-state index in [0.717, 1.165) is 37.0 Å². The molecule has 1 N–H and O–H groups in total. The predicted molar refractivity (Wildman–Crippen MR) is 148 cm³/mol. The molecule has 11 heteroatoms. The molecule has 1 aliphatic carbocycles. The van der Waals surface area contributed by atoms with Crippen LogP contribution in [0.1, 0.15) is 38.8 Å². The van der Waals surface area contributed by atoms with E-state index in [1.54, 1.807) is 50.3 Å². The molecular weight excluding hydrogens is 528 g/mol. The molecule has 0 fully saturated rings. The number of benzene rings is 2. The van der Waals surface area contributed by atoms with Crippen molar-refractivity contribution in [3.8, 4) is 0 Å². The summed E-state index contributed by atoms with van der Waals surface area (Å²) < 4.78 is 71.8. The molecule has 0 spiro atoms. The van der Waals surface area contributed by atoms with Crippen molar-refractivity contribution in [2.75, 3.05) is 26.2 Å². The van der Waals surface area contributed by atoms with Crippen molar-refractivity contribution in [3.63, 3.8) is 0 Å². The molecule has 0 heterocycles. The van der Waals surface area contributed by atoms with Crippen molar-refractivity contribution in [3.05, 3.63) is 88.7 Å². The summed E-state index contributed by atoms with van der Waals surface area (Å²) in [7, 11) is -9.74. The molecule has 0 saturated heterocycles. The highest BCUT2D eigenvalue weighted by atomic mass is 32.2. The largest absolute Gasteiger partial charge is 0.744 e. The number of nitrogens with zero attached hydrogens (tertiary/aromatic N) is 2. The molecule has 2 aromatic carbocycles. The van der Waals surface area contributed by atoms with Gasteiger partial charge in [-0.1, -0.05) is 0 Å². The van der Waals surface area contributed by atoms with E-state index in [1.807, 2.05) is 26.0 Å². The van der Waals surface area contributed by atoms with Crippen LogP contribution in [-0.2, 0) is 20.2 Å². The fourth-order valence-electron chi connectivity index (χ4n) is 4.48. The first-order valence-electron chi connectivity index (χ1n) is 12.3. The average molecular weight is 561 g/mol. The maximum atomic E-state index is 13.1. The van der Waals surface area contributed by atoms with Crippen molar-refractivity contribution in [2.24, 2.45) is 0 Å². The Labute approximate surface area is 224 Å². The number of allylic oxidation sites excluding steroid dienone is 5. The molecule has 0 aromatic heterocycles. The van der Waals surface area contributed by atoms with Crippen LogP contribution in [0.4, 0.5) is 5.69 Å². The normalized spacial score (nSPS) is 14.2. The number of quaternary nitrogens is 1. The van der Waals surface area contributed by atoms with Gasteiger partial charge in [0.1, 0.15) is 28.9 Å². The Kier molecular flexibility index (Phi) is 8.92. The van der Waals surface area contributed by atoms with Crippen LogP contribution in [0.15, 0.2) is 82.1 Å². The summed E-state index contributed by atoms with van der Waals surface area (Å²) >= 11 is 0. The highest BCUT2D eigenvalue weighted by Gasteiger charge is 2.23. The fraction of sp³-hybridized carbons (Fsp3) is 0.296. The minimum atomic E-state index is -5.03. The van der Waals surface area contributed by atoms with Crippen LogP contribution in [0.25, 0.3) is 5.57 Å². The summed E-state index contributed by atoms with van der Waals surface area (Å²) in [5, 5.41) is 13.1. The summed E-state index contributed by atoms with van der Waals surface area (Å²) in [6.07, 6.45) is 7.21. The van der Waals surface area contributed by atoms with Crippen LogP contribution in [0.5, 0.6) is 0 Å². The third kappa shape index (κ3) is 6.20. The molecule has 2 aromatic rings. The molecule has 0 radical (unpaired) electrons. The number of hydrogen-bond acceptors (Lipinski definition) is 6. The van der Waals surface area contributed by atoms with E-state index in [0.29, 0.717) is 29.9 Å². The van der Waals surface area contributed by atoms with E-state index in [4.69, 9.17) is 0 Å². The monoisotopic (exact) mass is 560 g/mol. The van der Waals surface area contributed by atoms with Gasteiger partial charge in [0, 0.05) is 29.8 Å². The van der Waals surface area contributed by atoms with Crippen LogP contribution >= 0.6 is 0 Å². The van der Waals surface area contributed by atoms with Gasteiger partial charge in [-0.25, -0.2) is 13.0 Å². The first-order chi connectivity index (χ1) is 17.8. The summed E-state index contributed by atoms with van der Waals surface area (Å²) in [6, 6.07) is 9.29. The van der Waals surface area contributed by atoms with Gasteiger partial charge in [0.2, 0.25) is 0 Å². The molecular formula is C27H32N2O7S2. The molecule has 204 valence electrons. The van der Waals surface area contributed by atoms with E-state index in [9.17, 15) is 31.1 Å². The zero-order chi connectivity index (χ0) is 28.3. The smallest absolute Gasteiger partial charge is 0.294 e. The van der Waals surface area contributed by atoms with E-state index in [2.05, 4.69) is 4.58 Å². The lowest BCUT2D eigenvalue weighted by molar-refractivity contribution is -0.519. The lowest BCUT2D eigenvalue weighted by Crippen LogP contribution is -2.42. The van der Waals surface area contributed by atoms with Crippen molar-refractivity contribution in [1.29, 1.82) is 0 Å². The van der Waals surface area contributed by atoms with Crippen LogP contribution in [0.2, 0.25) is 0 Å². The SMILES string of the molecule is CC[N+](CC)=C1C=CC(=C(c2ccc([N+]([O-])(CC)CC)cc2)c2cc(S(=O)(=O)O)ccc2S(=O)(=O)[O-])C=C1. The first-order valence-corrected chi connectivity index (χ1v) is 15.1. The van der Waals surface area contributed by atoms with Gasteiger partial charge < -0.3 is 14.4 Å². The van der Waals surface area contributed by atoms with Gasteiger partial charge in [0.25, 0.3) is 10.1 Å². The van der Waals surface area contributed by atoms with Gasteiger partial charge in [-0.3, -0.25) is 4.55 Å². The number of rotatable bonds is 9. The molecule has 0 bridgehead atoms. The summed E-state index contributed by atoms with van der Waals surface area (Å²) in [5.41, 5.74) is 2.49. The highest BCUT2D eigenvalue weighted by molar-refractivity contribution is 7.86. The second-order valence-electron chi connectivity index (χ2n) is 8.75. The molecule has 0 amide bonds. The van der Waals surface area contributed by atoms with Crippen LogP contribution in [0, 0.1) is 5.21 Å². The van der Waals surface area contributed by atoms with Gasteiger partial charge in [-0.05, 0) is 86.9 Å². The third-order valence-corrected chi connectivity index (χ3v) is 8.46. The summed E-state index contributed by atoms with van der Waals surface area (Å²) in [6.45, 7) is 9.77. The standard InChI is InChI=1S/C27H32N2O7S2/c1-5-28(6-2)22-13-9-20(10-14-22)27(21-11-15-23(16-12-21)29(30,7-3)8-4)25-19-24(37(31,32)33)17-18-26(25)38(34,35)36/h9-19H,5-8H2,1-4H3,(H-,31,32,33,34,35,36). The minimum absolute atomic E-state index is 0.174. The minimum Gasteiger partial charge on any atom is -0.744 e. The zero-order valence-corrected chi connectivity index (χ0v) is 23.4. The second-order valence-corrected chi connectivity index (χ2v) is 11.5. The Hall–Kier alpha value is -2.93. The fourth-order valence-corrected chi connectivity index (χ4v) is 5.65. The van der Waals surface area contributed by atoms with Crippen LogP contribution in [-0.4, -0.2) is 62.4 Å². The quantitative estimate of drug-likeness (QED) is 0.211. The van der Waals surface area contributed by atoms with Crippen LogP contribution < -0.4 is 4.65 Å². The summed E-state index contributed by atoms with van der Waals surface area (Å²) in [5.74, 6) is 0. The third-order valence-electron chi connectivity index (χ3n) is 6.72. The first kappa shape index (κ1) is 29.6. The molecule has 3 rings (SSSR count). The highest BCUT2D eigenvalue weighted by Crippen LogP contribution is 2.36. The Bertz CT molecular complexity index is 1520. The van der Waals surface area contributed by atoms with E-state index in [1.165, 1.54) is 0 Å². The van der Waals surface area contributed by atoms with Gasteiger partial charge in [-0.2, -0.15) is 8.42 Å². The van der Waals surface area contributed by atoms with Crippen molar-refractivity contribution < 1.29 is 30.5 Å². The summed E-state index contributed by atoms with van der Waals surface area (Å²) in [4.78, 5) is -1.19. The van der Waals surface area contributed by atoms with Crippen LogP contribution in [0.3, 0.4) is 0 Å². The second kappa shape index (κ2) is 11.4. The molecule has 0 atom stereocenters. The van der Waals surface area contributed by atoms with Gasteiger partial charge in [-0.15, -0.1) is 0 Å². The lowest BCUT2D eigenvalue weighted by Gasteiger charge is -2.40. The predicted octanol–water partition coefficient (Wildman–Crippen LogP) is 4.10. The topological polar surface area (TPSA) is 138 Å². The van der Waals surface area contributed by atoms with Crippen molar-refractivity contribution >= 4 is 37.2 Å². The van der Waals surface area contributed by atoms with Gasteiger partial charge in [0.05, 0.1) is 22.9 Å². The number of hydroxylamine groups is 2. The van der Waals surface area contributed by atoms with Crippen molar-refractivity contribution in [1.82, 2.24) is 4.65 Å². The maximum Gasteiger partial charge on any atom is 0.294 e. The Morgan fingerprint density at radius 2 is 1.42 bits per heavy atom.